The van der Waals surface area contributed by atoms with Crippen LogP contribution in [0, 0.1) is 0 Å². The van der Waals surface area contributed by atoms with E-state index in [1.54, 1.807) is 14.2 Å². The predicted octanol–water partition coefficient (Wildman–Crippen LogP) is 3.94. The molecule has 0 saturated heterocycles. The Morgan fingerprint density at radius 2 is 2.05 bits per heavy atom. The average molecular weight is 297 g/mol. The van der Waals surface area contributed by atoms with Gasteiger partial charge >= 0.3 is 0 Å². The maximum absolute atomic E-state index is 6.29. The van der Waals surface area contributed by atoms with E-state index >= 15 is 0 Å². The number of benzene rings is 1. The molecule has 0 N–H and O–H groups in total. The summed E-state index contributed by atoms with van der Waals surface area (Å²) >= 11 is 6.29. The fourth-order valence-corrected chi connectivity index (χ4v) is 2.54. The second-order valence-corrected chi connectivity index (χ2v) is 5.60. The van der Waals surface area contributed by atoms with Crippen LogP contribution in [0.25, 0.3) is 11.0 Å². The maximum atomic E-state index is 6.29. The van der Waals surface area contributed by atoms with Gasteiger partial charge in [-0.15, -0.1) is 11.6 Å². The number of fused-ring (bicyclic) bond motifs is 1. The molecule has 2 aromatic rings. The molecule has 2 unspecified atom stereocenters. The Hall–Kier alpha value is -1.26. The van der Waals surface area contributed by atoms with Gasteiger partial charge in [-0.3, -0.25) is 0 Å². The molecule has 0 aliphatic heterocycles. The van der Waals surface area contributed by atoms with Gasteiger partial charge in [0.05, 0.1) is 23.5 Å². The van der Waals surface area contributed by atoms with Crippen molar-refractivity contribution in [3.8, 4) is 5.75 Å². The summed E-state index contributed by atoms with van der Waals surface area (Å²) in [6, 6.07) is 6.21. The minimum atomic E-state index is -0.140. The van der Waals surface area contributed by atoms with Crippen LogP contribution in [-0.4, -0.2) is 30.4 Å². The van der Waals surface area contributed by atoms with Gasteiger partial charge in [0.1, 0.15) is 11.6 Å². The third-order valence-corrected chi connectivity index (χ3v) is 3.66. The number of methoxy groups -OCH3 is 2. The molecule has 1 aromatic carbocycles. The second kappa shape index (κ2) is 6.46. The van der Waals surface area contributed by atoms with Crippen molar-refractivity contribution < 1.29 is 9.47 Å². The van der Waals surface area contributed by atoms with Crippen LogP contribution in [0.2, 0.25) is 0 Å². The number of hydrogen-bond donors (Lipinski definition) is 0. The molecule has 0 aliphatic carbocycles. The van der Waals surface area contributed by atoms with E-state index in [2.05, 4.69) is 16.5 Å². The molecule has 0 fully saturated rings. The number of imidazole rings is 1. The highest BCUT2D eigenvalue weighted by Crippen LogP contribution is 2.31. The van der Waals surface area contributed by atoms with Crippen molar-refractivity contribution >= 4 is 22.6 Å². The molecule has 2 rings (SSSR count). The fraction of sp³-hybridized carbons (Fsp3) is 0.533. The highest BCUT2D eigenvalue weighted by Gasteiger charge is 2.19. The molecule has 0 radical (unpaired) electrons. The predicted molar refractivity (Wildman–Crippen MR) is 81.8 cm³/mol. The first-order valence-corrected chi connectivity index (χ1v) is 7.21. The minimum absolute atomic E-state index is 0.140. The number of hydrogen-bond acceptors (Lipinski definition) is 3. The van der Waals surface area contributed by atoms with Crippen molar-refractivity contribution in [2.45, 2.75) is 31.7 Å². The van der Waals surface area contributed by atoms with Gasteiger partial charge in [0.15, 0.2) is 0 Å². The largest absolute Gasteiger partial charge is 0.497 e. The molecule has 1 aromatic heterocycles. The van der Waals surface area contributed by atoms with Crippen LogP contribution >= 0.6 is 11.6 Å². The molecule has 0 aliphatic rings. The van der Waals surface area contributed by atoms with Gasteiger partial charge in [-0.25, -0.2) is 4.98 Å². The smallest absolute Gasteiger partial charge is 0.127 e. The Morgan fingerprint density at radius 1 is 1.30 bits per heavy atom. The van der Waals surface area contributed by atoms with Crippen LogP contribution in [0.4, 0.5) is 0 Å². The lowest BCUT2D eigenvalue weighted by molar-refractivity contribution is 0.181. The van der Waals surface area contributed by atoms with E-state index < -0.39 is 0 Å². The Balaban J connectivity index is 2.51. The summed E-state index contributed by atoms with van der Waals surface area (Å²) < 4.78 is 12.6. The van der Waals surface area contributed by atoms with Crippen LogP contribution < -0.4 is 4.74 Å². The summed E-state index contributed by atoms with van der Waals surface area (Å²) in [4.78, 5) is 4.66. The van der Waals surface area contributed by atoms with Crippen molar-refractivity contribution in [3.05, 3.63) is 24.0 Å². The van der Waals surface area contributed by atoms with Crippen molar-refractivity contribution in [2.75, 3.05) is 20.8 Å². The van der Waals surface area contributed by atoms with E-state index in [0.29, 0.717) is 6.61 Å². The zero-order valence-corrected chi connectivity index (χ0v) is 13.1. The van der Waals surface area contributed by atoms with E-state index in [4.69, 9.17) is 21.1 Å². The number of aromatic nitrogens is 2. The van der Waals surface area contributed by atoms with Crippen LogP contribution in [0.3, 0.4) is 0 Å². The van der Waals surface area contributed by atoms with Gasteiger partial charge in [0.2, 0.25) is 0 Å². The topological polar surface area (TPSA) is 36.3 Å². The summed E-state index contributed by atoms with van der Waals surface area (Å²) in [5.41, 5.74) is 1.99. The normalized spacial score (nSPS) is 14.4. The first-order chi connectivity index (χ1) is 9.58. The lowest BCUT2D eigenvalue weighted by atomic mass is 10.2. The molecule has 0 amide bonds. The average Bonchev–Trinajstić information content (AvgIpc) is 2.83. The first-order valence-electron chi connectivity index (χ1n) is 6.77. The summed E-state index contributed by atoms with van der Waals surface area (Å²) in [7, 11) is 3.37. The number of alkyl halides is 1. The van der Waals surface area contributed by atoms with Crippen molar-refractivity contribution in [3.63, 3.8) is 0 Å². The molecule has 1 heterocycles. The van der Waals surface area contributed by atoms with Crippen LogP contribution in [-0.2, 0) is 4.74 Å². The highest BCUT2D eigenvalue weighted by molar-refractivity contribution is 6.20. The number of nitrogens with zero attached hydrogens (tertiary/aromatic N) is 2. The van der Waals surface area contributed by atoms with E-state index in [9.17, 15) is 0 Å². The van der Waals surface area contributed by atoms with E-state index in [-0.39, 0.29) is 11.4 Å². The van der Waals surface area contributed by atoms with Gasteiger partial charge in [-0.1, -0.05) is 0 Å². The molecule has 4 nitrogen and oxygen atoms in total. The Labute approximate surface area is 124 Å². The number of halogens is 1. The molecule has 2 atom stereocenters. The lowest BCUT2D eigenvalue weighted by Crippen LogP contribution is -2.11. The molecule has 5 heteroatoms. The maximum Gasteiger partial charge on any atom is 0.127 e. The van der Waals surface area contributed by atoms with Crippen LogP contribution in [0.15, 0.2) is 18.2 Å². The number of ether oxygens (including phenoxy) is 2. The summed E-state index contributed by atoms with van der Waals surface area (Å²) in [6.07, 6.45) is 0.921. The first kappa shape index (κ1) is 15.1. The second-order valence-electron chi connectivity index (χ2n) is 4.94. The third-order valence-electron chi connectivity index (χ3n) is 3.46. The fourth-order valence-electron chi connectivity index (χ4n) is 2.39. The SMILES string of the molecule is COCCC(C)n1c(C(C)Cl)nc2cc(OC)ccc21. The van der Waals surface area contributed by atoms with E-state index in [1.807, 2.05) is 25.1 Å². The molecule has 20 heavy (non-hydrogen) atoms. The van der Waals surface area contributed by atoms with Crippen molar-refractivity contribution in [1.82, 2.24) is 9.55 Å². The quantitative estimate of drug-likeness (QED) is 0.758. The summed E-state index contributed by atoms with van der Waals surface area (Å²) in [5, 5.41) is -0.140. The zero-order valence-electron chi connectivity index (χ0n) is 12.4. The summed E-state index contributed by atoms with van der Waals surface area (Å²) in [5.74, 6) is 1.69. The molecule has 110 valence electrons. The number of rotatable bonds is 6. The molecule has 0 bridgehead atoms. The molecular formula is C15H21ClN2O2. The minimum Gasteiger partial charge on any atom is -0.497 e. The van der Waals surface area contributed by atoms with E-state index in [0.717, 1.165) is 29.0 Å². The van der Waals surface area contributed by atoms with Gasteiger partial charge < -0.3 is 14.0 Å². The van der Waals surface area contributed by atoms with Gasteiger partial charge in [-0.2, -0.15) is 0 Å². The standard InChI is InChI=1S/C15H21ClN2O2/c1-10(7-8-19-3)18-14-6-5-12(20-4)9-13(14)17-15(18)11(2)16/h5-6,9-11H,7-8H2,1-4H3. The van der Waals surface area contributed by atoms with E-state index in [1.165, 1.54) is 0 Å². The van der Waals surface area contributed by atoms with Crippen molar-refractivity contribution in [1.29, 1.82) is 0 Å². The van der Waals surface area contributed by atoms with Gasteiger partial charge in [-0.05, 0) is 32.4 Å². The third kappa shape index (κ3) is 2.91. The van der Waals surface area contributed by atoms with Crippen molar-refractivity contribution in [2.24, 2.45) is 0 Å². The lowest BCUT2D eigenvalue weighted by Gasteiger charge is -2.18. The van der Waals surface area contributed by atoms with Gasteiger partial charge in [0.25, 0.3) is 0 Å². The Morgan fingerprint density at radius 3 is 2.65 bits per heavy atom. The van der Waals surface area contributed by atoms with Crippen LogP contribution in [0.5, 0.6) is 5.75 Å². The monoisotopic (exact) mass is 296 g/mol. The molecular weight excluding hydrogens is 276 g/mol. The molecule has 0 saturated carbocycles. The zero-order chi connectivity index (χ0) is 14.7. The Kier molecular flexibility index (Phi) is 4.89. The molecule has 0 spiro atoms. The van der Waals surface area contributed by atoms with Gasteiger partial charge in [0, 0.05) is 25.8 Å². The summed E-state index contributed by atoms with van der Waals surface area (Å²) in [6.45, 7) is 4.82. The highest BCUT2D eigenvalue weighted by atomic mass is 35.5. The van der Waals surface area contributed by atoms with Crippen LogP contribution in [0.1, 0.15) is 37.5 Å². The Bertz CT molecular complexity index is 581.